The van der Waals surface area contributed by atoms with Gasteiger partial charge in [-0.1, -0.05) is 6.07 Å². The van der Waals surface area contributed by atoms with Gasteiger partial charge in [-0.3, -0.25) is 14.5 Å². The Kier molecular flexibility index (Phi) is 4.10. The van der Waals surface area contributed by atoms with Gasteiger partial charge in [0.25, 0.3) is 0 Å². The lowest BCUT2D eigenvalue weighted by molar-refractivity contribution is -0.141. The van der Waals surface area contributed by atoms with Crippen molar-refractivity contribution in [1.82, 2.24) is 20.1 Å². The molecule has 0 aromatic carbocycles. The Morgan fingerprint density at radius 3 is 2.87 bits per heavy atom. The smallest absolute Gasteiger partial charge is 0.328 e. The number of nitrogens with zero attached hydrogens (tertiary/aromatic N) is 3. The minimum atomic E-state index is -0.528. The molecular weight excluding hydrogens is 296 g/mol. The zero-order valence-corrected chi connectivity index (χ0v) is 13.1. The Balaban J connectivity index is 1.64. The molecule has 7 nitrogen and oxygen atoms in total. The van der Waals surface area contributed by atoms with Gasteiger partial charge >= 0.3 is 5.97 Å². The number of nitrogens with one attached hydrogen (secondary N) is 1. The third kappa shape index (κ3) is 3.39. The first-order valence-electron chi connectivity index (χ1n) is 7.44. The molecule has 0 spiro atoms. The topological polar surface area (TPSA) is 86.1 Å². The highest BCUT2D eigenvalue weighted by molar-refractivity contribution is 5.86. The summed E-state index contributed by atoms with van der Waals surface area (Å²) in [7, 11) is 1.87. The molecule has 0 bridgehead atoms. The fraction of sp³-hybridized carbons (Fsp3) is 0.375. The molecule has 120 valence electrons. The molecule has 3 rings (SSSR count). The number of hydrogen-bond donors (Lipinski definition) is 1. The Hall–Kier alpha value is -2.70. The van der Waals surface area contributed by atoms with Gasteiger partial charge in [-0.25, -0.2) is 4.79 Å². The maximum absolute atomic E-state index is 12.0. The predicted octanol–water partition coefficient (Wildman–Crippen LogP) is 0.765. The minimum Gasteiger partial charge on any atom is -0.464 e. The molecule has 7 heteroatoms. The van der Waals surface area contributed by atoms with Gasteiger partial charge in [-0.05, 0) is 13.0 Å². The van der Waals surface area contributed by atoms with E-state index in [-0.39, 0.29) is 18.3 Å². The number of aromatic nitrogens is 3. The van der Waals surface area contributed by atoms with Crippen molar-refractivity contribution in [3.05, 3.63) is 35.9 Å². The number of cyclic esters (lactones) is 1. The van der Waals surface area contributed by atoms with E-state index in [0.29, 0.717) is 18.7 Å². The van der Waals surface area contributed by atoms with Crippen molar-refractivity contribution >= 4 is 11.9 Å². The number of pyridine rings is 1. The molecule has 2 aromatic heterocycles. The second kappa shape index (κ2) is 6.20. The van der Waals surface area contributed by atoms with E-state index in [1.54, 1.807) is 10.9 Å². The summed E-state index contributed by atoms with van der Waals surface area (Å²) in [6.07, 6.45) is 4.33. The summed E-state index contributed by atoms with van der Waals surface area (Å²) in [6, 6.07) is 3.21. The van der Waals surface area contributed by atoms with Gasteiger partial charge in [-0.2, -0.15) is 5.10 Å². The molecule has 1 aliphatic rings. The highest BCUT2D eigenvalue weighted by atomic mass is 16.5. The normalized spacial score (nSPS) is 17.1. The summed E-state index contributed by atoms with van der Waals surface area (Å²) in [5, 5.41) is 6.97. The Morgan fingerprint density at radius 1 is 1.48 bits per heavy atom. The van der Waals surface area contributed by atoms with Crippen LogP contribution in [0, 0.1) is 6.92 Å². The summed E-state index contributed by atoms with van der Waals surface area (Å²) >= 11 is 0. The average molecular weight is 314 g/mol. The van der Waals surface area contributed by atoms with Crippen molar-refractivity contribution in [2.75, 3.05) is 6.61 Å². The number of esters is 1. The van der Waals surface area contributed by atoms with E-state index in [0.717, 1.165) is 16.8 Å². The zero-order chi connectivity index (χ0) is 16.4. The summed E-state index contributed by atoms with van der Waals surface area (Å²) in [4.78, 5) is 27.6. The van der Waals surface area contributed by atoms with Crippen LogP contribution in [-0.4, -0.2) is 39.3 Å². The minimum absolute atomic E-state index is 0.135. The van der Waals surface area contributed by atoms with E-state index in [1.807, 2.05) is 32.3 Å². The lowest BCUT2D eigenvalue weighted by atomic mass is 10.1. The summed E-state index contributed by atoms with van der Waals surface area (Å²) < 4.78 is 6.57. The van der Waals surface area contributed by atoms with Crippen LogP contribution in [0.5, 0.6) is 0 Å². The van der Waals surface area contributed by atoms with Crippen LogP contribution in [-0.2, 0) is 27.8 Å². The van der Waals surface area contributed by atoms with Crippen LogP contribution in [0.4, 0.5) is 0 Å². The average Bonchev–Trinajstić information content (AvgIpc) is 3.05. The summed E-state index contributed by atoms with van der Waals surface area (Å²) in [5.41, 5.74) is 3.56. The van der Waals surface area contributed by atoms with Crippen LogP contribution in [0.1, 0.15) is 17.8 Å². The van der Waals surface area contributed by atoms with E-state index in [1.165, 1.54) is 0 Å². The van der Waals surface area contributed by atoms with Gasteiger partial charge in [0.2, 0.25) is 5.91 Å². The number of hydrogen-bond acceptors (Lipinski definition) is 5. The van der Waals surface area contributed by atoms with Crippen molar-refractivity contribution in [3.63, 3.8) is 0 Å². The molecule has 0 unspecified atom stereocenters. The van der Waals surface area contributed by atoms with Crippen molar-refractivity contribution < 1.29 is 14.3 Å². The summed E-state index contributed by atoms with van der Waals surface area (Å²) in [5.74, 6) is -0.597. The maximum atomic E-state index is 12.0. The van der Waals surface area contributed by atoms with E-state index >= 15 is 0 Å². The van der Waals surface area contributed by atoms with Crippen molar-refractivity contribution in [3.8, 4) is 11.1 Å². The Bertz CT molecular complexity index is 736. The van der Waals surface area contributed by atoms with E-state index in [2.05, 4.69) is 15.4 Å². The van der Waals surface area contributed by atoms with E-state index in [9.17, 15) is 9.59 Å². The lowest BCUT2D eigenvalue weighted by Gasteiger charge is -2.08. The first-order valence-corrected chi connectivity index (χ1v) is 7.44. The largest absolute Gasteiger partial charge is 0.464 e. The molecular formula is C16H18N4O3. The summed E-state index contributed by atoms with van der Waals surface area (Å²) in [6.45, 7) is 2.30. The third-order valence-corrected chi connectivity index (χ3v) is 3.76. The van der Waals surface area contributed by atoms with Crippen LogP contribution >= 0.6 is 0 Å². The number of carbonyl (C=O) groups is 2. The van der Waals surface area contributed by atoms with Crippen LogP contribution < -0.4 is 5.32 Å². The Labute approximate surface area is 133 Å². The van der Waals surface area contributed by atoms with Crippen LogP contribution in [0.3, 0.4) is 0 Å². The molecule has 1 atom stereocenters. The number of ether oxygens (including phenoxy) is 1. The van der Waals surface area contributed by atoms with Gasteiger partial charge in [0, 0.05) is 42.7 Å². The third-order valence-electron chi connectivity index (χ3n) is 3.76. The monoisotopic (exact) mass is 314 g/mol. The highest BCUT2D eigenvalue weighted by Crippen LogP contribution is 2.21. The van der Waals surface area contributed by atoms with Crippen molar-refractivity contribution in [2.24, 2.45) is 7.05 Å². The molecule has 0 saturated carbocycles. The molecule has 1 amide bonds. The molecule has 23 heavy (non-hydrogen) atoms. The Morgan fingerprint density at radius 2 is 2.30 bits per heavy atom. The van der Waals surface area contributed by atoms with Crippen molar-refractivity contribution in [2.45, 2.75) is 25.8 Å². The van der Waals surface area contributed by atoms with Crippen molar-refractivity contribution in [1.29, 1.82) is 0 Å². The van der Waals surface area contributed by atoms with E-state index < -0.39 is 6.04 Å². The molecule has 1 fully saturated rings. The first-order chi connectivity index (χ1) is 11.0. The van der Waals surface area contributed by atoms with E-state index in [4.69, 9.17) is 4.74 Å². The molecule has 0 aliphatic carbocycles. The van der Waals surface area contributed by atoms with Gasteiger partial charge in [0.05, 0.1) is 18.7 Å². The molecule has 3 heterocycles. The molecule has 1 saturated heterocycles. The molecule has 1 N–H and O–H groups in total. The predicted molar refractivity (Wildman–Crippen MR) is 82.4 cm³/mol. The number of amides is 1. The lowest BCUT2D eigenvalue weighted by Crippen LogP contribution is -2.38. The second-order valence-corrected chi connectivity index (χ2v) is 5.59. The molecule has 1 aliphatic heterocycles. The van der Waals surface area contributed by atoms with Crippen LogP contribution in [0.25, 0.3) is 11.1 Å². The number of aryl methyl sites for hydroxylation is 2. The van der Waals surface area contributed by atoms with Crippen LogP contribution in [0.2, 0.25) is 0 Å². The SMILES string of the molecule is Cc1nn(C)cc1-c1ccc(CC(=O)N[C@@H]2CCOC2=O)nc1. The highest BCUT2D eigenvalue weighted by Gasteiger charge is 2.27. The quantitative estimate of drug-likeness (QED) is 0.842. The van der Waals surface area contributed by atoms with Crippen LogP contribution in [0.15, 0.2) is 24.5 Å². The molecule has 2 aromatic rings. The van der Waals surface area contributed by atoms with Gasteiger partial charge in [0.1, 0.15) is 6.04 Å². The first kappa shape index (κ1) is 15.2. The molecule has 0 radical (unpaired) electrons. The van der Waals surface area contributed by atoms with Gasteiger partial charge in [0.15, 0.2) is 0 Å². The fourth-order valence-electron chi connectivity index (χ4n) is 2.61. The standard InChI is InChI=1S/C16H18N4O3/c1-10-13(9-20(2)19-10)11-3-4-12(17-8-11)7-15(21)18-14-5-6-23-16(14)22/h3-4,8-9,14H,5-7H2,1-2H3,(H,18,21)/t14-/m1/s1. The number of carbonyl (C=O) groups excluding carboxylic acids is 2. The zero-order valence-electron chi connectivity index (χ0n) is 13.1. The maximum Gasteiger partial charge on any atom is 0.328 e. The van der Waals surface area contributed by atoms with Gasteiger partial charge in [-0.15, -0.1) is 0 Å². The number of rotatable bonds is 4. The van der Waals surface area contributed by atoms with Gasteiger partial charge < -0.3 is 10.1 Å². The fourth-order valence-corrected chi connectivity index (χ4v) is 2.61. The second-order valence-electron chi connectivity index (χ2n) is 5.59.